The lowest BCUT2D eigenvalue weighted by Crippen LogP contribution is -2.51. The number of benzene rings is 1. The molecule has 3 aromatic rings. The van der Waals surface area contributed by atoms with Gasteiger partial charge >= 0.3 is 0 Å². The highest BCUT2D eigenvalue weighted by Gasteiger charge is 2.52. The van der Waals surface area contributed by atoms with E-state index in [1.54, 1.807) is 18.3 Å². The first-order valence-corrected chi connectivity index (χ1v) is 17.9. The summed E-state index contributed by atoms with van der Waals surface area (Å²) in [4.78, 5) is 21.8. The Labute approximate surface area is 265 Å². The number of ether oxygens (including phenoxy) is 1. The molecule has 1 N–H and O–H groups in total. The second kappa shape index (κ2) is 12.3. The zero-order valence-electron chi connectivity index (χ0n) is 25.9. The predicted octanol–water partition coefficient (Wildman–Crippen LogP) is 4.54. The summed E-state index contributed by atoms with van der Waals surface area (Å²) in [5, 5.41) is 8.42. The maximum Gasteiger partial charge on any atom is 0.285 e. The van der Waals surface area contributed by atoms with Crippen molar-refractivity contribution in [3.05, 3.63) is 66.1 Å². The molecule has 1 aliphatic heterocycles. The third-order valence-electron chi connectivity index (χ3n) is 10.2. The fourth-order valence-electron chi connectivity index (χ4n) is 8.84. The highest BCUT2D eigenvalue weighted by molar-refractivity contribution is 7.90. The molecule has 5 fully saturated rings. The Morgan fingerprint density at radius 3 is 2.33 bits per heavy atom. The number of piperazine rings is 1. The van der Waals surface area contributed by atoms with Gasteiger partial charge in [0, 0.05) is 44.5 Å². The minimum Gasteiger partial charge on any atom is -0.492 e. The summed E-state index contributed by atoms with van der Waals surface area (Å²) in [6.45, 7) is 6.60. The number of rotatable bonds is 10. The smallest absolute Gasteiger partial charge is 0.285 e. The van der Waals surface area contributed by atoms with Crippen LogP contribution in [-0.4, -0.2) is 72.9 Å². The van der Waals surface area contributed by atoms with Crippen LogP contribution in [0.25, 0.3) is 11.1 Å². The molecule has 238 valence electrons. The maximum absolute atomic E-state index is 13.1. The lowest BCUT2D eigenvalue weighted by atomic mass is 9.50. The van der Waals surface area contributed by atoms with E-state index in [-0.39, 0.29) is 16.9 Å². The zero-order valence-corrected chi connectivity index (χ0v) is 26.7. The first-order chi connectivity index (χ1) is 21.8. The molecule has 45 heavy (non-hydrogen) atoms. The van der Waals surface area contributed by atoms with Crippen molar-refractivity contribution in [2.75, 3.05) is 43.4 Å². The number of anilines is 1. The fourth-order valence-corrected chi connectivity index (χ4v) is 10.5. The second-order valence-electron chi connectivity index (χ2n) is 13.6. The molecule has 2 aromatic heterocycles. The predicted molar refractivity (Wildman–Crippen MR) is 172 cm³/mol. The number of aromatic nitrogens is 3. The lowest BCUT2D eigenvalue weighted by molar-refractivity contribution is -0.0391. The quantitative estimate of drug-likeness (QED) is 0.345. The van der Waals surface area contributed by atoms with Gasteiger partial charge in [0.1, 0.15) is 5.75 Å². The summed E-state index contributed by atoms with van der Waals surface area (Å²) in [6.07, 6.45) is 10.3. The molecule has 1 aromatic carbocycles. The fraction of sp³-hybridized carbons (Fsp3) is 0.529. The van der Waals surface area contributed by atoms with E-state index >= 15 is 0 Å². The Hall–Kier alpha value is -3.57. The molecular formula is C34H42N6O4S. The minimum atomic E-state index is -3.77. The van der Waals surface area contributed by atoms with Crippen LogP contribution in [-0.2, 0) is 16.6 Å². The molecule has 3 heterocycles. The Bertz CT molecular complexity index is 1600. The molecule has 0 unspecified atom stereocenters. The Morgan fingerprint density at radius 2 is 1.67 bits per heavy atom. The van der Waals surface area contributed by atoms with Gasteiger partial charge in [0.15, 0.2) is 11.5 Å². The molecule has 4 saturated carbocycles. The molecular weight excluding hydrogens is 588 g/mol. The van der Waals surface area contributed by atoms with Gasteiger partial charge in [-0.25, -0.2) is 13.1 Å². The van der Waals surface area contributed by atoms with Crippen LogP contribution >= 0.6 is 0 Å². The molecule has 5 aliphatic rings. The van der Waals surface area contributed by atoms with Crippen molar-refractivity contribution in [2.45, 2.75) is 52.0 Å². The average Bonchev–Trinajstić information content (AvgIpc) is 3.01. The van der Waals surface area contributed by atoms with E-state index in [4.69, 9.17) is 4.74 Å². The van der Waals surface area contributed by atoms with Crippen LogP contribution in [0, 0.1) is 23.2 Å². The summed E-state index contributed by atoms with van der Waals surface area (Å²) in [5.74, 6) is 2.73. The number of hydrogen-bond acceptors (Lipinski definition) is 9. The first kappa shape index (κ1) is 30.1. The van der Waals surface area contributed by atoms with Gasteiger partial charge in [0.2, 0.25) is 10.0 Å². The van der Waals surface area contributed by atoms with Crippen molar-refractivity contribution >= 4 is 21.7 Å². The number of carbonyl (C=O) groups excluding carboxylic acids is 1. The van der Waals surface area contributed by atoms with Gasteiger partial charge in [0.25, 0.3) is 5.91 Å². The Morgan fingerprint density at radius 1 is 0.956 bits per heavy atom. The summed E-state index contributed by atoms with van der Waals surface area (Å²) >= 11 is 0. The molecule has 1 amide bonds. The molecule has 10 nitrogen and oxygen atoms in total. The Balaban J connectivity index is 0.934. The van der Waals surface area contributed by atoms with Crippen molar-refractivity contribution in [1.82, 2.24) is 24.8 Å². The molecule has 0 spiro atoms. The van der Waals surface area contributed by atoms with Crippen molar-refractivity contribution in [3.8, 4) is 16.9 Å². The van der Waals surface area contributed by atoms with Gasteiger partial charge in [-0.1, -0.05) is 24.3 Å². The second-order valence-corrected chi connectivity index (χ2v) is 15.4. The largest absolute Gasteiger partial charge is 0.492 e. The number of carbonyl (C=O) groups is 1. The number of nitrogens with one attached hydrogen (secondary N) is 1. The van der Waals surface area contributed by atoms with Crippen LogP contribution in [0.15, 0.2) is 54.9 Å². The molecule has 4 aliphatic carbocycles. The van der Waals surface area contributed by atoms with Crippen molar-refractivity contribution in [3.63, 3.8) is 0 Å². The summed E-state index contributed by atoms with van der Waals surface area (Å²) in [6, 6.07) is 13.8. The van der Waals surface area contributed by atoms with Crippen LogP contribution in [0.5, 0.6) is 5.75 Å². The van der Waals surface area contributed by atoms with Gasteiger partial charge in [0.05, 0.1) is 18.6 Å². The topological polar surface area (TPSA) is 118 Å². The summed E-state index contributed by atoms with van der Waals surface area (Å²) < 4.78 is 34.2. The van der Waals surface area contributed by atoms with E-state index in [9.17, 15) is 13.2 Å². The van der Waals surface area contributed by atoms with E-state index in [2.05, 4.69) is 47.9 Å². The summed E-state index contributed by atoms with van der Waals surface area (Å²) in [7, 11) is -3.77. The number of pyridine rings is 1. The third kappa shape index (κ3) is 6.70. The normalized spacial score (nSPS) is 26.2. The van der Waals surface area contributed by atoms with Crippen LogP contribution in [0.4, 0.5) is 5.82 Å². The zero-order chi connectivity index (χ0) is 31.0. The van der Waals surface area contributed by atoms with Crippen molar-refractivity contribution in [2.24, 2.45) is 23.2 Å². The monoisotopic (exact) mass is 630 g/mol. The maximum atomic E-state index is 13.1. The molecule has 8 rings (SSSR count). The van der Waals surface area contributed by atoms with Gasteiger partial charge in [-0.2, -0.15) is 0 Å². The first-order valence-electron chi connectivity index (χ1n) is 16.3. The Kier molecular flexibility index (Phi) is 8.24. The van der Waals surface area contributed by atoms with Crippen LogP contribution in [0.3, 0.4) is 0 Å². The molecule has 4 bridgehead atoms. The van der Waals surface area contributed by atoms with Gasteiger partial charge < -0.3 is 9.64 Å². The standard InChI is InChI=1S/C34H42N6O4S/c1-2-44-29-16-28(20-35-21-29)30-6-4-3-5-27(30)22-39-9-11-40(12-10-39)32-8-7-31(36-37-32)33(41)38-45(42,43)23-34-17-24-13-25(18-34)15-26(14-24)19-34/h3-8,16,20-21,24-26H,2,9-15,17-19,22-23H2,1H3,(H,38,41). The van der Waals surface area contributed by atoms with Crippen molar-refractivity contribution in [1.29, 1.82) is 0 Å². The van der Waals surface area contributed by atoms with Gasteiger partial charge in [-0.3, -0.25) is 14.7 Å². The van der Waals surface area contributed by atoms with Crippen LogP contribution in [0.1, 0.15) is 61.5 Å². The average molecular weight is 631 g/mol. The van der Waals surface area contributed by atoms with E-state index in [1.807, 2.05) is 25.3 Å². The lowest BCUT2D eigenvalue weighted by Gasteiger charge is -2.56. The van der Waals surface area contributed by atoms with E-state index in [0.717, 1.165) is 68.9 Å². The van der Waals surface area contributed by atoms with Crippen molar-refractivity contribution < 1.29 is 17.9 Å². The van der Waals surface area contributed by atoms with Crippen LogP contribution < -0.4 is 14.4 Å². The minimum absolute atomic E-state index is 0.0194. The molecule has 11 heteroatoms. The number of nitrogens with zero attached hydrogens (tertiary/aromatic N) is 5. The highest BCUT2D eigenvalue weighted by Crippen LogP contribution is 2.60. The number of hydrogen-bond donors (Lipinski definition) is 1. The van der Waals surface area contributed by atoms with E-state index in [0.29, 0.717) is 30.2 Å². The number of sulfonamides is 1. The van der Waals surface area contributed by atoms with Gasteiger partial charge in [-0.05, 0) is 97.9 Å². The SMILES string of the molecule is CCOc1cncc(-c2ccccc2CN2CCN(c3ccc(C(=O)NS(=O)(=O)CC45CC6CC(CC(C6)C4)C5)nn3)CC2)c1. The summed E-state index contributed by atoms with van der Waals surface area (Å²) in [5.41, 5.74) is 3.26. The van der Waals surface area contributed by atoms with E-state index in [1.165, 1.54) is 24.8 Å². The number of amides is 1. The highest BCUT2D eigenvalue weighted by atomic mass is 32.2. The molecule has 0 radical (unpaired) electrons. The van der Waals surface area contributed by atoms with Crippen LogP contribution in [0.2, 0.25) is 0 Å². The molecule has 0 atom stereocenters. The van der Waals surface area contributed by atoms with E-state index < -0.39 is 15.9 Å². The molecule has 1 saturated heterocycles. The van der Waals surface area contributed by atoms with Gasteiger partial charge in [-0.15, -0.1) is 10.2 Å². The third-order valence-corrected chi connectivity index (χ3v) is 11.7.